The number of nitrogens with zero attached hydrogens (tertiary/aromatic N) is 4. The van der Waals surface area contributed by atoms with Crippen LogP contribution in [0.5, 0.6) is 0 Å². The van der Waals surface area contributed by atoms with Crippen LogP contribution in [0.15, 0.2) is 49.1 Å². The Balaban J connectivity index is 1.50. The summed E-state index contributed by atoms with van der Waals surface area (Å²) in [7, 11) is -2.73. The monoisotopic (exact) mass is 510 g/mol. The maximum Gasteiger partial charge on any atom is 0.335 e. The fourth-order valence-electron chi connectivity index (χ4n) is 4.07. The number of anilines is 1. The maximum absolute atomic E-state index is 13.3. The van der Waals surface area contributed by atoms with Gasteiger partial charge < -0.3 is 10.4 Å². The maximum atomic E-state index is 13.3. The summed E-state index contributed by atoms with van der Waals surface area (Å²) in [5, 5.41) is 17.8. The lowest BCUT2D eigenvalue weighted by Gasteiger charge is -2.16. The first-order chi connectivity index (χ1) is 17.2. The van der Waals surface area contributed by atoms with Crippen molar-refractivity contribution in [2.75, 3.05) is 12.4 Å². The van der Waals surface area contributed by atoms with Crippen LogP contribution in [0.2, 0.25) is 0 Å². The number of ketones is 1. The highest BCUT2D eigenvalue weighted by Crippen LogP contribution is 2.28. The van der Waals surface area contributed by atoms with Gasteiger partial charge in [0.05, 0.1) is 17.7 Å². The third-order valence-electron chi connectivity index (χ3n) is 6.04. The van der Waals surface area contributed by atoms with E-state index >= 15 is 0 Å². The normalized spacial score (nSPS) is 20.6. The average Bonchev–Trinajstić information content (AvgIpc) is 3.50. The van der Waals surface area contributed by atoms with Crippen LogP contribution in [0.1, 0.15) is 53.0 Å². The Kier molecular flexibility index (Phi) is 7.46. The minimum absolute atomic E-state index is 0.157. The molecule has 3 aromatic rings. The summed E-state index contributed by atoms with van der Waals surface area (Å²) in [4.78, 5) is 21.5. The van der Waals surface area contributed by atoms with Crippen molar-refractivity contribution in [1.29, 1.82) is 0 Å². The molecule has 11 nitrogen and oxygen atoms in total. The number of aliphatic hydroxyl groups is 1. The summed E-state index contributed by atoms with van der Waals surface area (Å²) >= 11 is 0. The number of carbonyl (C=O) groups is 1. The molecule has 188 valence electrons. The molecule has 0 amide bonds. The molecule has 0 unspecified atom stereocenters. The highest BCUT2D eigenvalue weighted by molar-refractivity contribution is 7.84. The lowest BCUT2D eigenvalue weighted by molar-refractivity contribution is 0.0636. The van der Waals surface area contributed by atoms with Gasteiger partial charge in [-0.1, -0.05) is 18.1 Å². The van der Waals surface area contributed by atoms with Crippen LogP contribution < -0.4 is 10.0 Å². The van der Waals surface area contributed by atoms with Crippen molar-refractivity contribution in [3.63, 3.8) is 0 Å². The Morgan fingerprint density at radius 3 is 2.89 bits per heavy atom. The molecule has 4 rings (SSSR count). The van der Waals surface area contributed by atoms with Crippen LogP contribution in [0.3, 0.4) is 0 Å². The number of rotatable bonds is 9. The summed E-state index contributed by atoms with van der Waals surface area (Å²) in [6, 6.07) is 8.64. The van der Waals surface area contributed by atoms with Gasteiger partial charge in [-0.2, -0.15) is 18.2 Å². The van der Waals surface area contributed by atoms with Crippen molar-refractivity contribution < 1.29 is 22.5 Å². The van der Waals surface area contributed by atoms with Crippen molar-refractivity contribution in [3.8, 4) is 12.3 Å². The van der Waals surface area contributed by atoms with Gasteiger partial charge in [-0.05, 0) is 43.5 Å². The molecule has 4 atom stereocenters. The van der Waals surface area contributed by atoms with E-state index in [-0.39, 0.29) is 47.8 Å². The molecule has 1 fully saturated rings. The van der Waals surface area contributed by atoms with Crippen molar-refractivity contribution in [1.82, 2.24) is 24.5 Å². The summed E-state index contributed by atoms with van der Waals surface area (Å²) in [6.07, 6.45) is 8.39. The smallest absolute Gasteiger partial charge is 0.335 e. The van der Waals surface area contributed by atoms with E-state index in [0.717, 1.165) is 11.1 Å². The molecule has 1 aliphatic rings. The van der Waals surface area contributed by atoms with Crippen LogP contribution in [0.25, 0.3) is 0 Å². The van der Waals surface area contributed by atoms with Crippen molar-refractivity contribution in [2.45, 2.75) is 44.1 Å². The molecule has 3 N–H and O–H groups in total. The van der Waals surface area contributed by atoms with Gasteiger partial charge in [0.15, 0.2) is 0 Å². The van der Waals surface area contributed by atoms with Crippen LogP contribution in [0, 0.1) is 12.3 Å². The van der Waals surface area contributed by atoms with Gasteiger partial charge in [-0.15, -0.1) is 6.42 Å². The second-order valence-corrected chi connectivity index (χ2v) is 9.92. The second kappa shape index (κ2) is 10.5. The number of terminal acetylenes is 1. The molecule has 1 aliphatic carbocycles. The topological polar surface area (TPSA) is 148 Å². The molecule has 1 saturated carbocycles. The molecule has 0 saturated heterocycles. The molecular weight excluding hydrogens is 484 g/mol. The molecular formula is C24H26N6O5S. The fourth-order valence-corrected chi connectivity index (χ4v) is 4.70. The number of hydrogen-bond acceptors (Lipinski definition) is 9. The third-order valence-corrected chi connectivity index (χ3v) is 7.04. The first-order valence-electron chi connectivity index (χ1n) is 11.2. The van der Waals surface area contributed by atoms with Gasteiger partial charge in [0, 0.05) is 31.0 Å². The second-order valence-electron chi connectivity index (χ2n) is 8.41. The number of hydrogen-bond donors (Lipinski definition) is 3. The van der Waals surface area contributed by atoms with E-state index in [2.05, 4.69) is 31.0 Å². The van der Waals surface area contributed by atoms with Crippen LogP contribution in [-0.4, -0.2) is 64.4 Å². The molecule has 0 radical (unpaired) electrons. The van der Waals surface area contributed by atoms with E-state index in [1.165, 1.54) is 19.6 Å². The van der Waals surface area contributed by atoms with Gasteiger partial charge in [0.1, 0.15) is 23.9 Å². The number of aromatic nitrogens is 4. The Morgan fingerprint density at radius 2 is 2.14 bits per heavy atom. The van der Waals surface area contributed by atoms with E-state index in [0.29, 0.717) is 0 Å². The van der Waals surface area contributed by atoms with Gasteiger partial charge in [-0.25, -0.2) is 9.97 Å². The highest BCUT2D eigenvalue weighted by atomic mass is 32.2. The first-order valence-corrected chi connectivity index (χ1v) is 12.6. The minimum atomic E-state index is -3.96. The minimum Gasteiger partial charge on any atom is -0.390 e. The van der Waals surface area contributed by atoms with Crippen molar-refractivity contribution in [3.05, 3.63) is 71.4 Å². The molecule has 36 heavy (non-hydrogen) atoms. The molecule has 1 aromatic carbocycles. The summed E-state index contributed by atoms with van der Waals surface area (Å²) in [6.45, 7) is 1.95. The van der Waals surface area contributed by atoms with Crippen molar-refractivity contribution >= 4 is 21.9 Å². The lowest BCUT2D eigenvalue weighted by Crippen LogP contribution is -2.31. The zero-order valence-electron chi connectivity index (χ0n) is 19.7. The van der Waals surface area contributed by atoms with E-state index in [4.69, 9.17) is 10.6 Å². The predicted molar refractivity (Wildman–Crippen MR) is 131 cm³/mol. The Bertz CT molecular complexity index is 1400. The van der Waals surface area contributed by atoms with E-state index in [1.54, 1.807) is 16.9 Å². The van der Waals surface area contributed by atoms with Crippen LogP contribution in [0.4, 0.5) is 5.82 Å². The fraction of sp³-hybridized carbons (Fsp3) is 0.333. The first kappa shape index (κ1) is 25.5. The summed E-state index contributed by atoms with van der Waals surface area (Å²) in [5.74, 6) is 2.49. The average molecular weight is 511 g/mol. The Labute approximate surface area is 209 Å². The molecule has 2 aromatic heterocycles. The molecule has 0 aliphatic heterocycles. The predicted octanol–water partition coefficient (Wildman–Crippen LogP) is 1.28. The lowest BCUT2D eigenvalue weighted by atomic mass is 10.1. The van der Waals surface area contributed by atoms with Gasteiger partial charge in [0.2, 0.25) is 5.78 Å². The van der Waals surface area contributed by atoms with Gasteiger partial charge >= 0.3 is 10.3 Å². The number of benzene rings is 1. The number of nitrogens with one attached hydrogen (secondary N) is 2. The molecule has 12 heteroatoms. The van der Waals surface area contributed by atoms with E-state index in [1.807, 2.05) is 31.2 Å². The largest absolute Gasteiger partial charge is 0.390 e. The number of aliphatic hydroxyl groups excluding tert-OH is 1. The third kappa shape index (κ3) is 5.60. The summed E-state index contributed by atoms with van der Waals surface area (Å²) in [5.41, 5.74) is 2.12. The zero-order chi connectivity index (χ0) is 25.9. The molecule has 0 bridgehead atoms. The van der Waals surface area contributed by atoms with Crippen LogP contribution >= 0.6 is 0 Å². The Morgan fingerprint density at radius 1 is 1.33 bits per heavy atom. The standard InChI is InChI=1S/C24H26N6O5S/c1-4-16-6-5-7-17(10-16)15(2)30-9-8-20(29-30)23(32)19-13-26-14-27-24(19)28-18-11-21(31)22(12-18)35-36(33,34)25-3/h1,5-10,13-15,18,21-22,25,31H,11-12H2,2-3H3,(H,26,27,28)/t15-,18-,21+,22-/m1/s1. The summed E-state index contributed by atoms with van der Waals surface area (Å²) < 4.78 is 32.1. The van der Waals surface area contributed by atoms with Crippen molar-refractivity contribution in [2.24, 2.45) is 0 Å². The SMILES string of the molecule is C#Cc1cccc([C@@H](C)n2ccc(C(=O)c3cncnc3N[C@@H]3C[C@H](O)[C@H](OS(=O)(=O)NC)C3)n2)c1. The quantitative estimate of drug-likeness (QED) is 0.286. The zero-order valence-corrected chi connectivity index (χ0v) is 20.5. The van der Waals surface area contributed by atoms with E-state index < -0.39 is 22.5 Å². The number of carbonyl (C=O) groups excluding carboxylic acids is 1. The van der Waals surface area contributed by atoms with Gasteiger partial charge in [-0.3, -0.25) is 13.7 Å². The van der Waals surface area contributed by atoms with Crippen LogP contribution in [-0.2, 0) is 14.5 Å². The van der Waals surface area contributed by atoms with E-state index in [9.17, 15) is 18.3 Å². The van der Waals surface area contributed by atoms with Gasteiger partial charge in [0.25, 0.3) is 0 Å². The molecule has 0 spiro atoms. The Hall–Kier alpha value is -3.63. The molecule has 2 heterocycles. The highest BCUT2D eigenvalue weighted by Gasteiger charge is 2.37.